The van der Waals surface area contributed by atoms with Gasteiger partial charge in [-0.15, -0.1) is 0 Å². The van der Waals surface area contributed by atoms with Gasteiger partial charge in [0, 0.05) is 17.1 Å². The van der Waals surface area contributed by atoms with E-state index in [9.17, 15) is 4.79 Å². The van der Waals surface area contributed by atoms with Crippen molar-refractivity contribution < 1.29 is 4.79 Å². The van der Waals surface area contributed by atoms with E-state index in [1.54, 1.807) is 0 Å². The van der Waals surface area contributed by atoms with E-state index in [-0.39, 0.29) is 28.9 Å². The van der Waals surface area contributed by atoms with Crippen molar-refractivity contribution in [3.63, 3.8) is 0 Å². The van der Waals surface area contributed by atoms with Gasteiger partial charge >= 0.3 is 0 Å². The number of nitrogens with one attached hydrogen (secondary N) is 2. The summed E-state index contributed by atoms with van der Waals surface area (Å²) in [4.78, 5) is 12.0. The molecule has 18 heavy (non-hydrogen) atoms. The summed E-state index contributed by atoms with van der Waals surface area (Å²) in [5, 5.41) is 6.71. The molecule has 0 saturated carbocycles. The van der Waals surface area contributed by atoms with Gasteiger partial charge < -0.3 is 16.4 Å². The monoisotopic (exact) mass is 255 g/mol. The molecule has 4 nitrogen and oxygen atoms in total. The molecule has 1 heterocycles. The lowest BCUT2D eigenvalue weighted by atomic mass is 9.79. The number of hydrogen-bond donors (Lipinski definition) is 3. The molecule has 1 aliphatic heterocycles. The first kappa shape index (κ1) is 15.4. The van der Waals surface area contributed by atoms with Gasteiger partial charge in [0.25, 0.3) is 0 Å². The lowest BCUT2D eigenvalue weighted by molar-refractivity contribution is -0.124. The maximum atomic E-state index is 12.0. The summed E-state index contributed by atoms with van der Waals surface area (Å²) in [6.45, 7) is 12.6. The van der Waals surface area contributed by atoms with Gasteiger partial charge in [0.1, 0.15) is 0 Å². The number of piperidine rings is 1. The average Bonchev–Trinajstić information content (AvgIpc) is 2.10. The fourth-order valence-electron chi connectivity index (χ4n) is 3.02. The summed E-state index contributed by atoms with van der Waals surface area (Å²) >= 11 is 0. The molecule has 0 radical (unpaired) electrons. The second-order valence-electron chi connectivity index (χ2n) is 7.28. The average molecular weight is 255 g/mol. The molecule has 1 atom stereocenters. The number of rotatable bonds is 3. The van der Waals surface area contributed by atoms with Crippen LogP contribution in [0.5, 0.6) is 0 Å². The quantitative estimate of drug-likeness (QED) is 0.714. The highest BCUT2D eigenvalue weighted by molar-refractivity contribution is 5.82. The number of carbonyl (C=O) groups is 1. The Morgan fingerprint density at radius 3 is 2.06 bits per heavy atom. The van der Waals surface area contributed by atoms with Crippen molar-refractivity contribution in [1.82, 2.24) is 10.6 Å². The first-order valence-electron chi connectivity index (χ1n) is 6.88. The van der Waals surface area contributed by atoms with Crippen LogP contribution in [-0.2, 0) is 4.79 Å². The third kappa shape index (κ3) is 4.25. The highest BCUT2D eigenvalue weighted by atomic mass is 16.2. The smallest absolute Gasteiger partial charge is 0.237 e. The number of nitrogens with two attached hydrogens (primary N) is 1. The van der Waals surface area contributed by atoms with E-state index in [1.807, 2.05) is 13.8 Å². The standard InChI is InChI=1S/C14H29N3O/c1-9(2)11(15)12(18)16-10-7-13(3,4)17-14(5,6)8-10/h9-11,17H,7-8,15H2,1-6H3,(H,16,18)/t11-/m0/s1. The Balaban J connectivity index is 2.65. The molecule has 0 aliphatic carbocycles. The van der Waals surface area contributed by atoms with Gasteiger partial charge in [-0.2, -0.15) is 0 Å². The molecular weight excluding hydrogens is 226 g/mol. The molecule has 1 fully saturated rings. The van der Waals surface area contributed by atoms with Crippen LogP contribution in [0.4, 0.5) is 0 Å². The molecule has 4 N–H and O–H groups in total. The fourth-order valence-corrected chi connectivity index (χ4v) is 3.02. The lowest BCUT2D eigenvalue weighted by Crippen LogP contribution is -2.63. The Kier molecular flexibility index (Phi) is 4.44. The minimum atomic E-state index is -0.411. The van der Waals surface area contributed by atoms with Crippen LogP contribution in [-0.4, -0.2) is 29.1 Å². The minimum Gasteiger partial charge on any atom is -0.352 e. The third-order valence-corrected chi connectivity index (χ3v) is 3.56. The molecule has 1 amide bonds. The molecular formula is C14H29N3O. The molecule has 4 heteroatoms. The molecule has 0 bridgehead atoms. The normalized spacial score (nSPS) is 24.9. The van der Waals surface area contributed by atoms with Crippen molar-refractivity contribution in [1.29, 1.82) is 0 Å². The van der Waals surface area contributed by atoms with Crippen LogP contribution >= 0.6 is 0 Å². The minimum absolute atomic E-state index is 0.0245. The maximum absolute atomic E-state index is 12.0. The van der Waals surface area contributed by atoms with Crippen molar-refractivity contribution in [2.75, 3.05) is 0 Å². The fraction of sp³-hybridized carbons (Fsp3) is 0.929. The zero-order valence-electron chi connectivity index (χ0n) is 12.6. The highest BCUT2D eigenvalue weighted by Crippen LogP contribution is 2.28. The molecule has 106 valence electrons. The van der Waals surface area contributed by atoms with Gasteiger partial charge in [-0.1, -0.05) is 13.8 Å². The molecule has 1 saturated heterocycles. The van der Waals surface area contributed by atoms with Crippen LogP contribution in [0.2, 0.25) is 0 Å². The zero-order chi connectivity index (χ0) is 14.1. The Bertz CT molecular complexity index is 294. The molecule has 1 rings (SSSR count). The lowest BCUT2D eigenvalue weighted by Gasteiger charge is -2.46. The van der Waals surface area contributed by atoms with E-state index < -0.39 is 6.04 Å². The molecule has 0 aromatic carbocycles. The Labute approximate surface area is 111 Å². The summed E-state index contributed by atoms with van der Waals surface area (Å²) in [6, 6.07) is -0.209. The Morgan fingerprint density at radius 1 is 1.22 bits per heavy atom. The second-order valence-corrected chi connectivity index (χ2v) is 7.28. The van der Waals surface area contributed by atoms with Crippen LogP contribution in [0.25, 0.3) is 0 Å². The van der Waals surface area contributed by atoms with Crippen LogP contribution in [0.1, 0.15) is 54.4 Å². The number of carbonyl (C=O) groups excluding carboxylic acids is 1. The summed E-state index contributed by atoms with van der Waals surface area (Å²) in [6.07, 6.45) is 1.87. The van der Waals surface area contributed by atoms with Gasteiger partial charge in [-0.3, -0.25) is 4.79 Å². The number of amides is 1. The summed E-state index contributed by atoms with van der Waals surface area (Å²) in [7, 11) is 0. The van der Waals surface area contributed by atoms with Crippen LogP contribution in [0.3, 0.4) is 0 Å². The first-order chi connectivity index (χ1) is 8.02. The SMILES string of the molecule is CC(C)[C@H](N)C(=O)NC1CC(C)(C)NC(C)(C)C1. The van der Waals surface area contributed by atoms with Gasteiger partial charge in [0.05, 0.1) is 6.04 Å². The van der Waals surface area contributed by atoms with Crippen molar-refractivity contribution >= 4 is 5.91 Å². The van der Waals surface area contributed by atoms with Crippen molar-refractivity contribution in [2.45, 2.75) is 77.5 Å². The largest absolute Gasteiger partial charge is 0.352 e. The predicted molar refractivity (Wildman–Crippen MR) is 75.3 cm³/mol. The van der Waals surface area contributed by atoms with Gasteiger partial charge in [0.2, 0.25) is 5.91 Å². The maximum Gasteiger partial charge on any atom is 0.237 e. The van der Waals surface area contributed by atoms with E-state index in [1.165, 1.54) is 0 Å². The molecule has 0 spiro atoms. The van der Waals surface area contributed by atoms with Crippen LogP contribution in [0, 0.1) is 5.92 Å². The molecule has 0 unspecified atom stereocenters. The van der Waals surface area contributed by atoms with Crippen LogP contribution < -0.4 is 16.4 Å². The van der Waals surface area contributed by atoms with E-state index in [0.717, 1.165) is 12.8 Å². The third-order valence-electron chi connectivity index (χ3n) is 3.56. The highest BCUT2D eigenvalue weighted by Gasteiger charge is 2.38. The Hall–Kier alpha value is -0.610. The first-order valence-corrected chi connectivity index (χ1v) is 6.88. The van der Waals surface area contributed by atoms with Crippen LogP contribution in [0.15, 0.2) is 0 Å². The van der Waals surface area contributed by atoms with Gasteiger partial charge in [0.15, 0.2) is 0 Å². The molecule has 0 aromatic heterocycles. The van der Waals surface area contributed by atoms with Gasteiger partial charge in [-0.05, 0) is 46.5 Å². The van der Waals surface area contributed by atoms with Crippen molar-refractivity contribution in [3.05, 3.63) is 0 Å². The second kappa shape index (κ2) is 5.17. The summed E-state index contributed by atoms with van der Waals surface area (Å²) in [5.74, 6) is 0.149. The summed E-state index contributed by atoms with van der Waals surface area (Å²) in [5.41, 5.74) is 5.97. The zero-order valence-corrected chi connectivity index (χ0v) is 12.6. The van der Waals surface area contributed by atoms with E-state index in [0.29, 0.717) is 0 Å². The summed E-state index contributed by atoms with van der Waals surface area (Å²) < 4.78 is 0. The van der Waals surface area contributed by atoms with Crippen molar-refractivity contribution in [2.24, 2.45) is 11.7 Å². The predicted octanol–water partition coefficient (Wildman–Crippen LogP) is 1.40. The van der Waals surface area contributed by atoms with Gasteiger partial charge in [-0.25, -0.2) is 0 Å². The van der Waals surface area contributed by atoms with E-state index in [4.69, 9.17) is 5.73 Å². The number of hydrogen-bond acceptors (Lipinski definition) is 3. The molecule has 1 aliphatic rings. The Morgan fingerprint density at radius 2 is 1.67 bits per heavy atom. The van der Waals surface area contributed by atoms with E-state index >= 15 is 0 Å². The molecule has 0 aromatic rings. The van der Waals surface area contributed by atoms with Crippen molar-refractivity contribution in [3.8, 4) is 0 Å². The van der Waals surface area contributed by atoms with E-state index in [2.05, 4.69) is 38.3 Å². The topological polar surface area (TPSA) is 67.2 Å².